The zero-order valence-corrected chi connectivity index (χ0v) is 14.0. The minimum absolute atomic E-state index is 0.140. The number of nitro groups is 2. The van der Waals surface area contributed by atoms with Gasteiger partial charge in [-0.2, -0.15) is 0 Å². The van der Waals surface area contributed by atoms with Crippen LogP contribution in [-0.4, -0.2) is 37.7 Å². The number of hydrogen-bond acceptors (Lipinski definition) is 7. The predicted molar refractivity (Wildman–Crippen MR) is 92.2 cm³/mol. The van der Waals surface area contributed by atoms with E-state index in [-0.39, 0.29) is 17.3 Å². The lowest BCUT2D eigenvalue weighted by atomic mass is 9.96. The lowest BCUT2D eigenvalue weighted by Crippen LogP contribution is -2.35. The van der Waals surface area contributed by atoms with Gasteiger partial charge in [0.25, 0.3) is 11.4 Å². The predicted octanol–water partition coefficient (Wildman–Crippen LogP) is 2.81. The van der Waals surface area contributed by atoms with Crippen LogP contribution in [0.3, 0.4) is 0 Å². The summed E-state index contributed by atoms with van der Waals surface area (Å²) in [5, 5.41) is 30.7. The van der Waals surface area contributed by atoms with Gasteiger partial charge in [0.1, 0.15) is 17.8 Å². The summed E-state index contributed by atoms with van der Waals surface area (Å²) >= 11 is 0. The molecule has 0 radical (unpaired) electrons. The van der Waals surface area contributed by atoms with E-state index in [1.165, 1.54) is 12.1 Å². The summed E-state index contributed by atoms with van der Waals surface area (Å²) in [6.07, 6.45) is 5.85. The zero-order chi connectivity index (χ0) is 18.3. The Labute approximate surface area is 148 Å². The highest BCUT2D eigenvalue weighted by Crippen LogP contribution is 2.40. The van der Waals surface area contributed by atoms with Crippen molar-refractivity contribution in [3.63, 3.8) is 0 Å². The molecule has 0 amide bonds. The van der Waals surface area contributed by atoms with Crippen LogP contribution in [0, 0.1) is 20.2 Å². The van der Waals surface area contributed by atoms with Gasteiger partial charge in [-0.05, 0) is 31.7 Å². The quantitative estimate of drug-likeness (QED) is 0.595. The molecule has 0 bridgehead atoms. The minimum Gasteiger partial charge on any atom is -0.365 e. The van der Waals surface area contributed by atoms with Crippen molar-refractivity contribution in [2.45, 2.75) is 37.6 Å². The lowest BCUT2D eigenvalue weighted by molar-refractivity contribution is -0.393. The molecule has 2 aliphatic rings. The Morgan fingerprint density at radius 2 is 1.92 bits per heavy atom. The first-order valence-corrected chi connectivity index (χ1v) is 8.62. The van der Waals surface area contributed by atoms with Gasteiger partial charge >= 0.3 is 0 Å². The van der Waals surface area contributed by atoms with Gasteiger partial charge in [0.2, 0.25) is 0 Å². The number of benzene rings is 1. The van der Waals surface area contributed by atoms with E-state index < -0.39 is 9.85 Å². The highest BCUT2D eigenvalue weighted by molar-refractivity contribution is 5.67. The van der Waals surface area contributed by atoms with Crippen LogP contribution in [-0.2, 0) is 0 Å². The van der Waals surface area contributed by atoms with Crippen molar-refractivity contribution >= 4 is 17.1 Å². The first kappa shape index (κ1) is 16.4. The van der Waals surface area contributed by atoms with Crippen molar-refractivity contribution < 1.29 is 9.85 Å². The van der Waals surface area contributed by atoms with Gasteiger partial charge < -0.3 is 9.47 Å². The number of non-ortho nitro benzene ring substituents is 1. The smallest absolute Gasteiger partial charge is 0.299 e. The minimum atomic E-state index is -0.617. The molecular formula is C16H18N6O4. The summed E-state index contributed by atoms with van der Waals surface area (Å²) in [6.45, 7) is 1.26. The van der Waals surface area contributed by atoms with Crippen molar-refractivity contribution in [3.05, 3.63) is 50.6 Å². The summed E-state index contributed by atoms with van der Waals surface area (Å²) in [4.78, 5) is 23.1. The fourth-order valence-corrected chi connectivity index (χ4v) is 3.62. The van der Waals surface area contributed by atoms with Gasteiger partial charge in [-0.1, -0.05) is 0 Å². The molecule has 1 aliphatic carbocycles. The number of anilines is 1. The molecule has 0 N–H and O–H groups in total. The SMILES string of the molecule is O=[N+]([O-])c1ccc(N2CCCC(c3nncn3C3CC3)C2)c([N+](=O)[O-])c1. The van der Waals surface area contributed by atoms with Crippen LogP contribution in [0.2, 0.25) is 0 Å². The van der Waals surface area contributed by atoms with Gasteiger partial charge in [0, 0.05) is 31.1 Å². The second-order valence-electron chi connectivity index (χ2n) is 6.80. The maximum absolute atomic E-state index is 11.4. The van der Waals surface area contributed by atoms with Gasteiger partial charge in [-0.3, -0.25) is 20.2 Å². The number of hydrogen-bond donors (Lipinski definition) is 0. The van der Waals surface area contributed by atoms with E-state index in [0.29, 0.717) is 24.8 Å². The van der Waals surface area contributed by atoms with Crippen LogP contribution in [0.4, 0.5) is 17.1 Å². The van der Waals surface area contributed by atoms with Crippen molar-refractivity contribution in [2.24, 2.45) is 0 Å². The van der Waals surface area contributed by atoms with Gasteiger partial charge in [0.15, 0.2) is 0 Å². The second-order valence-corrected chi connectivity index (χ2v) is 6.80. The maximum Gasteiger partial charge on any atom is 0.299 e. The molecule has 1 saturated heterocycles. The molecule has 2 fully saturated rings. The highest BCUT2D eigenvalue weighted by Gasteiger charge is 2.33. The van der Waals surface area contributed by atoms with E-state index in [1.54, 1.807) is 6.33 Å². The summed E-state index contributed by atoms with van der Waals surface area (Å²) in [6, 6.07) is 4.30. The van der Waals surface area contributed by atoms with Gasteiger partial charge in [-0.15, -0.1) is 10.2 Å². The average molecular weight is 358 g/mol. The zero-order valence-electron chi connectivity index (χ0n) is 14.0. The van der Waals surface area contributed by atoms with Gasteiger partial charge in [-0.25, -0.2) is 0 Å². The number of nitro benzene ring substituents is 2. The third kappa shape index (κ3) is 2.98. The fraction of sp³-hybridized carbons (Fsp3) is 0.500. The Morgan fingerprint density at radius 1 is 1.12 bits per heavy atom. The topological polar surface area (TPSA) is 120 Å². The molecule has 1 aromatic heterocycles. The van der Waals surface area contributed by atoms with Crippen molar-refractivity contribution in [2.75, 3.05) is 18.0 Å². The molecule has 4 rings (SSSR count). The molecule has 1 aliphatic heterocycles. The first-order chi connectivity index (χ1) is 12.5. The normalized spacial score (nSPS) is 20.2. The Hall–Kier alpha value is -3.04. The van der Waals surface area contributed by atoms with Gasteiger partial charge in [0.05, 0.1) is 15.9 Å². The molecule has 1 aromatic carbocycles. The third-order valence-corrected chi connectivity index (χ3v) is 5.03. The molecule has 1 atom stereocenters. The number of aromatic nitrogens is 3. The van der Waals surface area contributed by atoms with Crippen LogP contribution >= 0.6 is 0 Å². The van der Waals surface area contributed by atoms with E-state index in [4.69, 9.17) is 0 Å². The van der Waals surface area contributed by atoms with E-state index in [0.717, 1.165) is 37.6 Å². The third-order valence-electron chi connectivity index (χ3n) is 5.03. The summed E-state index contributed by atoms with van der Waals surface area (Å²) in [5.41, 5.74) is -0.0891. The second kappa shape index (κ2) is 6.36. The van der Waals surface area contributed by atoms with Crippen LogP contribution in [0.25, 0.3) is 0 Å². The summed E-state index contributed by atoms with van der Waals surface area (Å²) in [7, 11) is 0. The van der Waals surface area contributed by atoms with Crippen LogP contribution in [0.15, 0.2) is 24.5 Å². The Kier molecular flexibility index (Phi) is 4.02. The molecule has 26 heavy (non-hydrogen) atoms. The molecule has 10 heteroatoms. The standard InChI is InChI=1S/C16H18N6O4/c23-21(24)13-5-6-14(15(8-13)22(25)26)19-7-1-2-11(9-19)16-18-17-10-20(16)12-3-4-12/h5-6,8,10-12H,1-4,7,9H2. The monoisotopic (exact) mass is 358 g/mol. The van der Waals surface area contributed by atoms with E-state index in [9.17, 15) is 20.2 Å². The Bertz CT molecular complexity index is 862. The first-order valence-electron chi connectivity index (χ1n) is 8.62. The average Bonchev–Trinajstić information content (AvgIpc) is 3.37. The molecule has 1 saturated carbocycles. The summed E-state index contributed by atoms with van der Waals surface area (Å²) in [5.74, 6) is 1.07. The fourth-order valence-electron chi connectivity index (χ4n) is 3.62. The van der Waals surface area contributed by atoms with E-state index in [2.05, 4.69) is 14.8 Å². The van der Waals surface area contributed by atoms with Crippen molar-refractivity contribution in [1.82, 2.24) is 14.8 Å². The Balaban J connectivity index is 1.62. The van der Waals surface area contributed by atoms with Crippen molar-refractivity contribution in [3.8, 4) is 0 Å². The Morgan fingerprint density at radius 3 is 2.62 bits per heavy atom. The maximum atomic E-state index is 11.4. The van der Waals surface area contributed by atoms with Crippen LogP contribution < -0.4 is 4.90 Å². The summed E-state index contributed by atoms with van der Waals surface area (Å²) < 4.78 is 2.12. The molecular weight excluding hydrogens is 340 g/mol. The van der Waals surface area contributed by atoms with Crippen LogP contribution in [0.5, 0.6) is 0 Å². The van der Waals surface area contributed by atoms with E-state index >= 15 is 0 Å². The van der Waals surface area contributed by atoms with Crippen molar-refractivity contribution in [1.29, 1.82) is 0 Å². The largest absolute Gasteiger partial charge is 0.365 e. The number of rotatable bonds is 5. The lowest BCUT2D eigenvalue weighted by Gasteiger charge is -2.33. The molecule has 1 unspecified atom stereocenters. The highest BCUT2D eigenvalue weighted by atomic mass is 16.6. The molecule has 2 aromatic rings. The molecule has 2 heterocycles. The number of nitrogens with zero attached hydrogens (tertiary/aromatic N) is 6. The number of piperidine rings is 1. The molecule has 10 nitrogen and oxygen atoms in total. The molecule has 0 spiro atoms. The van der Waals surface area contributed by atoms with E-state index in [1.807, 2.05) is 4.90 Å². The molecule has 136 valence electrons. The van der Waals surface area contributed by atoms with Crippen LogP contribution in [0.1, 0.15) is 43.5 Å².